The van der Waals surface area contributed by atoms with Gasteiger partial charge in [-0.25, -0.2) is 0 Å². The SMILES string of the molecule is CC(Cc1ccccc1Cl)NC1CC(C)N(C)C1. The Bertz CT molecular complexity index is 384. The molecule has 2 rings (SSSR count). The minimum atomic E-state index is 0.466. The van der Waals surface area contributed by atoms with Crippen LogP contribution in [0.1, 0.15) is 25.8 Å². The molecule has 0 saturated carbocycles. The summed E-state index contributed by atoms with van der Waals surface area (Å²) in [5.74, 6) is 0. The molecule has 1 heterocycles. The first kappa shape index (κ1) is 13.9. The van der Waals surface area contributed by atoms with E-state index in [-0.39, 0.29) is 0 Å². The van der Waals surface area contributed by atoms with Crippen LogP contribution in [0.25, 0.3) is 0 Å². The molecule has 0 bridgehead atoms. The van der Waals surface area contributed by atoms with Gasteiger partial charge in [0.25, 0.3) is 0 Å². The molecule has 18 heavy (non-hydrogen) atoms. The van der Waals surface area contributed by atoms with Gasteiger partial charge in [-0.05, 0) is 45.4 Å². The van der Waals surface area contributed by atoms with E-state index in [1.165, 1.54) is 12.0 Å². The molecule has 1 aromatic rings. The summed E-state index contributed by atoms with van der Waals surface area (Å²) in [6, 6.07) is 9.89. The van der Waals surface area contributed by atoms with Crippen LogP contribution >= 0.6 is 11.6 Å². The lowest BCUT2D eigenvalue weighted by Gasteiger charge is -2.20. The van der Waals surface area contributed by atoms with Crippen molar-refractivity contribution in [1.82, 2.24) is 10.2 Å². The van der Waals surface area contributed by atoms with Gasteiger partial charge < -0.3 is 10.2 Å². The summed E-state index contributed by atoms with van der Waals surface area (Å²) in [6.07, 6.45) is 2.23. The highest BCUT2D eigenvalue weighted by atomic mass is 35.5. The molecule has 3 heteroatoms. The molecular weight excluding hydrogens is 244 g/mol. The zero-order valence-electron chi connectivity index (χ0n) is 11.5. The summed E-state index contributed by atoms with van der Waals surface area (Å²) in [5.41, 5.74) is 1.23. The molecule has 2 nitrogen and oxygen atoms in total. The van der Waals surface area contributed by atoms with Gasteiger partial charge in [0.05, 0.1) is 0 Å². The predicted molar refractivity (Wildman–Crippen MR) is 78.3 cm³/mol. The van der Waals surface area contributed by atoms with Crippen LogP contribution in [0.3, 0.4) is 0 Å². The largest absolute Gasteiger partial charge is 0.310 e. The van der Waals surface area contributed by atoms with E-state index in [0.717, 1.165) is 18.0 Å². The van der Waals surface area contributed by atoms with Crippen LogP contribution in [0.4, 0.5) is 0 Å². The van der Waals surface area contributed by atoms with Crippen LogP contribution in [0.15, 0.2) is 24.3 Å². The molecule has 0 aromatic heterocycles. The summed E-state index contributed by atoms with van der Waals surface area (Å²) >= 11 is 6.20. The fraction of sp³-hybridized carbons (Fsp3) is 0.600. The Balaban J connectivity index is 1.86. The van der Waals surface area contributed by atoms with E-state index in [1.54, 1.807) is 0 Å². The summed E-state index contributed by atoms with van der Waals surface area (Å²) in [6.45, 7) is 5.68. The van der Waals surface area contributed by atoms with Crippen LogP contribution in [0.5, 0.6) is 0 Å². The summed E-state index contributed by atoms with van der Waals surface area (Å²) < 4.78 is 0. The molecular formula is C15H23ClN2. The molecule has 0 spiro atoms. The second-order valence-electron chi connectivity index (χ2n) is 5.58. The van der Waals surface area contributed by atoms with Crippen LogP contribution in [-0.2, 0) is 6.42 Å². The van der Waals surface area contributed by atoms with Gasteiger partial charge in [0, 0.05) is 29.7 Å². The number of halogens is 1. The van der Waals surface area contributed by atoms with Gasteiger partial charge in [0.1, 0.15) is 0 Å². The molecule has 1 aliphatic rings. The normalized spacial score (nSPS) is 26.4. The number of likely N-dealkylation sites (N-methyl/N-ethyl adjacent to an activating group) is 1. The van der Waals surface area contributed by atoms with Crippen molar-refractivity contribution >= 4 is 11.6 Å². The van der Waals surface area contributed by atoms with Gasteiger partial charge in [0.2, 0.25) is 0 Å². The second kappa shape index (κ2) is 6.05. The summed E-state index contributed by atoms with van der Waals surface area (Å²) in [5, 5.41) is 4.59. The third-order valence-corrected chi connectivity index (χ3v) is 4.26. The highest BCUT2D eigenvalue weighted by molar-refractivity contribution is 6.31. The molecule has 1 aromatic carbocycles. The van der Waals surface area contributed by atoms with Gasteiger partial charge in [-0.1, -0.05) is 29.8 Å². The van der Waals surface area contributed by atoms with Crippen LogP contribution in [0, 0.1) is 0 Å². The quantitative estimate of drug-likeness (QED) is 0.902. The van der Waals surface area contributed by atoms with Crippen LogP contribution in [-0.4, -0.2) is 36.6 Å². The van der Waals surface area contributed by atoms with Crippen molar-refractivity contribution in [2.24, 2.45) is 0 Å². The van der Waals surface area contributed by atoms with Gasteiger partial charge in [-0.2, -0.15) is 0 Å². The smallest absolute Gasteiger partial charge is 0.0438 e. The van der Waals surface area contributed by atoms with Gasteiger partial charge >= 0.3 is 0 Å². The number of likely N-dealkylation sites (tertiary alicyclic amines) is 1. The fourth-order valence-corrected chi connectivity index (χ4v) is 2.98. The third-order valence-electron chi connectivity index (χ3n) is 3.89. The van der Waals surface area contributed by atoms with Crippen molar-refractivity contribution in [3.05, 3.63) is 34.9 Å². The molecule has 3 unspecified atom stereocenters. The number of benzene rings is 1. The van der Waals surface area contributed by atoms with E-state index in [1.807, 2.05) is 12.1 Å². The highest BCUT2D eigenvalue weighted by Crippen LogP contribution is 2.19. The van der Waals surface area contributed by atoms with Gasteiger partial charge in [0.15, 0.2) is 0 Å². The Kier molecular flexibility index (Phi) is 4.66. The zero-order valence-corrected chi connectivity index (χ0v) is 12.2. The Morgan fingerprint density at radius 1 is 1.44 bits per heavy atom. The van der Waals surface area contributed by atoms with Gasteiger partial charge in [-0.15, -0.1) is 0 Å². The van der Waals surface area contributed by atoms with E-state index in [2.05, 4.69) is 43.2 Å². The molecule has 0 radical (unpaired) electrons. The third kappa shape index (κ3) is 3.47. The summed E-state index contributed by atoms with van der Waals surface area (Å²) in [4.78, 5) is 2.42. The number of hydrogen-bond acceptors (Lipinski definition) is 2. The first-order valence-corrected chi connectivity index (χ1v) is 7.13. The monoisotopic (exact) mass is 266 g/mol. The second-order valence-corrected chi connectivity index (χ2v) is 5.99. The van der Waals surface area contributed by atoms with Crippen molar-refractivity contribution in [2.75, 3.05) is 13.6 Å². The van der Waals surface area contributed by atoms with Crippen LogP contribution in [0.2, 0.25) is 5.02 Å². The van der Waals surface area contributed by atoms with E-state index in [9.17, 15) is 0 Å². The Hall–Kier alpha value is -0.570. The number of nitrogens with one attached hydrogen (secondary N) is 1. The molecule has 0 amide bonds. The molecule has 100 valence electrons. The topological polar surface area (TPSA) is 15.3 Å². The first-order valence-electron chi connectivity index (χ1n) is 6.76. The Labute approximate surface area is 115 Å². The lowest BCUT2D eigenvalue weighted by Crippen LogP contribution is -2.39. The molecule has 1 saturated heterocycles. The van der Waals surface area contributed by atoms with E-state index >= 15 is 0 Å². The number of hydrogen-bond donors (Lipinski definition) is 1. The molecule has 1 aliphatic heterocycles. The molecule has 1 fully saturated rings. The maximum Gasteiger partial charge on any atom is 0.0438 e. The van der Waals surface area contributed by atoms with Crippen molar-refractivity contribution < 1.29 is 0 Å². The maximum absolute atomic E-state index is 6.20. The average Bonchev–Trinajstić information content (AvgIpc) is 2.61. The van der Waals surface area contributed by atoms with E-state index in [4.69, 9.17) is 11.6 Å². The van der Waals surface area contributed by atoms with Crippen LogP contribution < -0.4 is 5.32 Å². The van der Waals surface area contributed by atoms with E-state index in [0.29, 0.717) is 18.1 Å². The van der Waals surface area contributed by atoms with Crippen molar-refractivity contribution in [2.45, 2.75) is 44.8 Å². The zero-order chi connectivity index (χ0) is 13.1. The first-order chi connectivity index (χ1) is 8.56. The standard InChI is InChI=1S/C15H23ClN2/c1-11(8-13-6-4-5-7-15(13)16)17-14-9-12(2)18(3)10-14/h4-7,11-12,14,17H,8-10H2,1-3H3. The minimum absolute atomic E-state index is 0.466. The number of rotatable bonds is 4. The lowest BCUT2D eigenvalue weighted by molar-refractivity contribution is 0.324. The lowest BCUT2D eigenvalue weighted by atomic mass is 10.1. The van der Waals surface area contributed by atoms with Gasteiger partial charge in [-0.3, -0.25) is 0 Å². The molecule has 0 aliphatic carbocycles. The highest BCUT2D eigenvalue weighted by Gasteiger charge is 2.26. The minimum Gasteiger partial charge on any atom is -0.310 e. The maximum atomic E-state index is 6.20. The molecule has 1 N–H and O–H groups in total. The van der Waals surface area contributed by atoms with Crippen molar-refractivity contribution in [3.63, 3.8) is 0 Å². The van der Waals surface area contributed by atoms with Crippen molar-refractivity contribution in [1.29, 1.82) is 0 Å². The van der Waals surface area contributed by atoms with E-state index < -0.39 is 0 Å². The average molecular weight is 267 g/mol. The number of nitrogens with zero attached hydrogens (tertiary/aromatic N) is 1. The fourth-order valence-electron chi connectivity index (χ4n) is 2.77. The van der Waals surface area contributed by atoms with Crippen molar-refractivity contribution in [3.8, 4) is 0 Å². The Morgan fingerprint density at radius 2 is 2.17 bits per heavy atom. The summed E-state index contributed by atoms with van der Waals surface area (Å²) in [7, 11) is 2.20. The predicted octanol–water partition coefficient (Wildman–Crippen LogP) is 2.95. The Morgan fingerprint density at radius 3 is 2.78 bits per heavy atom. The molecule has 3 atom stereocenters.